The summed E-state index contributed by atoms with van der Waals surface area (Å²) in [6, 6.07) is 14.8. The second-order valence-corrected chi connectivity index (χ2v) is 7.65. The van der Waals surface area contributed by atoms with Gasteiger partial charge in [-0.05, 0) is 35.2 Å². The lowest BCUT2D eigenvalue weighted by atomic mass is 9.94. The standard InChI is InChI=1S/C20H21Cl2FN2O2/c21-19(22)20(27)25-17(11-23)18(26)15-7-3-13(4-8-15)12-1-5-14(6-2-12)16-9-10-24-16/h1-8,16-19,24,26H,9-11H2,(H,25,27)/t16-,17?,18+/m0/s1. The molecule has 1 saturated heterocycles. The van der Waals surface area contributed by atoms with Crippen LogP contribution in [0.25, 0.3) is 11.1 Å². The number of aliphatic hydroxyl groups excluding tert-OH is 1. The Kier molecular flexibility index (Phi) is 6.71. The Morgan fingerprint density at radius 3 is 2.15 bits per heavy atom. The van der Waals surface area contributed by atoms with E-state index in [0.29, 0.717) is 11.6 Å². The highest BCUT2D eigenvalue weighted by molar-refractivity contribution is 6.53. The molecule has 1 aliphatic heterocycles. The summed E-state index contributed by atoms with van der Waals surface area (Å²) in [4.78, 5) is 10.2. The van der Waals surface area contributed by atoms with E-state index in [1.807, 2.05) is 12.1 Å². The first-order valence-electron chi connectivity index (χ1n) is 8.76. The van der Waals surface area contributed by atoms with Crippen LogP contribution in [0.5, 0.6) is 0 Å². The predicted molar refractivity (Wildman–Crippen MR) is 106 cm³/mol. The zero-order valence-electron chi connectivity index (χ0n) is 14.5. The summed E-state index contributed by atoms with van der Waals surface area (Å²) in [6.45, 7) is 0.124. The topological polar surface area (TPSA) is 61.4 Å². The van der Waals surface area contributed by atoms with E-state index in [0.717, 1.165) is 24.1 Å². The first kappa shape index (κ1) is 20.1. The minimum atomic E-state index is -1.31. The molecule has 144 valence electrons. The molecule has 2 aromatic carbocycles. The molecular weight excluding hydrogens is 390 g/mol. The lowest BCUT2D eigenvalue weighted by Gasteiger charge is -2.28. The largest absolute Gasteiger partial charge is 0.386 e. The van der Waals surface area contributed by atoms with Gasteiger partial charge in [0.2, 0.25) is 0 Å². The van der Waals surface area contributed by atoms with Crippen LogP contribution in [0.15, 0.2) is 48.5 Å². The zero-order chi connectivity index (χ0) is 19.4. The predicted octanol–water partition coefficient (Wildman–Crippen LogP) is 3.68. The SMILES string of the molecule is O=C(NC(CF)[C@H](O)c1ccc(-c2ccc([C@@H]3CCN3)cc2)cc1)C(Cl)Cl. The van der Waals surface area contributed by atoms with Gasteiger partial charge >= 0.3 is 0 Å². The maximum Gasteiger partial charge on any atom is 0.253 e. The number of alkyl halides is 3. The van der Waals surface area contributed by atoms with Crippen LogP contribution in [0.4, 0.5) is 4.39 Å². The molecule has 0 bridgehead atoms. The van der Waals surface area contributed by atoms with Crippen molar-refractivity contribution in [2.24, 2.45) is 0 Å². The minimum absolute atomic E-state index is 0.449. The van der Waals surface area contributed by atoms with Crippen LogP contribution in [0.2, 0.25) is 0 Å². The van der Waals surface area contributed by atoms with E-state index < -0.39 is 29.6 Å². The number of aliphatic hydroxyl groups is 1. The molecule has 1 aliphatic rings. The van der Waals surface area contributed by atoms with E-state index in [1.165, 1.54) is 5.56 Å². The van der Waals surface area contributed by atoms with Crippen molar-refractivity contribution in [3.8, 4) is 11.1 Å². The molecular formula is C20H21Cl2FN2O2. The van der Waals surface area contributed by atoms with Crippen molar-refractivity contribution < 1.29 is 14.3 Å². The van der Waals surface area contributed by atoms with E-state index in [1.54, 1.807) is 12.1 Å². The normalized spacial score (nSPS) is 18.6. The number of carbonyl (C=O) groups is 1. The molecule has 1 unspecified atom stereocenters. The van der Waals surface area contributed by atoms with Crippen molar-refractivity contribution in [2.75, 3.05) is 13.2 Å². The zero-order valence-corrected chi connectivity index (χ0v) is 16.1. The molecule has 3 N–H and O–H groups in total. The van der Waals surface area contributed by atoms with Gasteiger partial charge in [0, 0.05) is 6.04 Å². The van der Waals surface area contributed by atoms with Gasteiger partial charge in [-0.3, -0.25) is 4.79 Å². The van der Waals surface area contributed by atoms with E-state index in [-0.39, 0.29) is 0 Å². The van der Waals surface area contributed by atoms with Gasteiger partial charge in [-0.2, -0.15) is 0 Å². The van der Waals surface area contributed by atoms with E-state index >= 15 is 0 Å². The quantitative estimate of drug-likeness (QED) is 0.610. The average molecular weight is 411 g/mol. The van der Waals surface area contributed by atoms with E-state index in [2.05, 4.69) is 34.9 Å². The van der Waals surface area contributed by atoms with Gasteiger partial charge in [-0.1, -0.05) is 71.7 Å². The van der Waals surface area contributed by atoms with Gasteiger partial charge in [0.25, 0.3) is 5.91 Å². The van der Waals surface area contributed by atoms with Crippen LogP contribution >= 0.6 is 23.2 Å². The number of amides is 1. The molecule has 4 nitrogen and oxygen atoms in total. The molecule has 2 aromatic rings. The molecule has 1 heterocycles. The third-order valence-corrected chi connectivity index (χ3v) is 5.19. The van der Waals surface area contributed by atoms with Gasteiger partial charge < -0.3 is 15.7 Å². The number of hydrogen-bond donors (Lipinski definition) is 3. The molecule has 7 heteroatoms. The second-order valence-electron chi connectivity index (χ2n) is 6.55. The van der Waals surface area contributed by atoms with Crippen LogP contribution in [0, 0.1) is 0 Å². The summed E-state index contributed by atoms with van der Waals surface area (Å²) >= 11 is 10.9. The Morgan fingerprint density at radius 1 is 1.15 bits per heavy atom. The number of nitrogens with one attached hydrogen (secondary N) is 2. The average Bonchev–Trinajstić information content (AvgIpc) is 2.64. The van der Waals surface area contributed by atoms with E-state index in [9.17, 15) is 14.3 Å². The van der Waals surface area contributed by atoms with Crippen molar-refractivity contribution >= 4 is 29.1 Å². The van der Waals surface area contributed by atoms with Crippen molar-refractivity contribution in [2.45, 2.75) is 29.4 Å². The molecule has 27 heavy (non-hydrogen) atoms. The van der Waals surface area contributed by atoms with Crippen LogP contribution < -0.4 is 10.6 Å². The summed E-state index contributed by atoms with van der Waals surface area (Å²) < 4.78 is 13.2. The van der Waals surface area contributed by atoms with Crippen LogP contribution in [0.1, 0.15) is 29.7 Å². The van der Waals surface area contributed by atoms with Gasteiger partial charge in [-0.15, -0.1) is 0 Å². The molecule has 0 aliphatic carbocycles. The fraction of sp³-hybridized carbons (Fsp3) is 0.350. The molecule has 1 amide bonds. The highest BCUT2D eigenvalue weighted by atomic mass is 35.5. The fourth-order valence-corrected chi connectivity index (χ4v) is 3.16. The summed E-state index contributed by atoms with van der Waals surface area (Å²) in [7, 11) is 0. The highest BCUT2D eigenvalue weighted by Gasteiger charge is 2.25. The van der Waals surface area contributed by atoms with Crippen molar-refractivity contribution in [3.05, 3.63) is 59.7 Å². The molecule has 3 atom stereocenters. The highest BCUT2D eigenvalue weighted by Crippen LogP contribution is 2.27. The first-order chi connectivity index (χ1) is 13.0. The Bertz CT molecular complexity index is 765. The third-order valence-electron chi connectivity index (χ3n) is 4.80. The summed E-state index contributed by atoms with van der Waals surface area (Å²) in [5.41, 5.74) is 3.82. The Balaban J connectivity index is 1.69. The van der Waals surface area contributed by atoms with Crippen molar-refractivity contribution in [1.29, 1.82) is 0 Å². The van der Waals surface area contributed by atoms with Gasteiger partial charge in [0.15, 0.2) is 4.84 Å². The third kappa shape index (κ3) is 4.79. The fourth-order valence-electron chi connectivity index (χ4n) is 3.03. The van der Waals surface area contributed by atoms with Gasteiger partial charge in [0.1, 0.15) is 12.8 Å². The number of rotatable bonds is 7. The molecule has 1 fully saturated rings. The number of benzene rings is 2. The molecule has 0 aromatic heterocycles. The summed E-state index contributed by atoms with van der Waals surface area (Å²) in [5.74, 6) is -0.738. The van der Waals surface area contributed by atoms with E-state index in [4.69, 9.17) is 23.2 Å². The van der Waals surface area contributed by atoms with Gasteiger partial charge in [-0.25, -0.2) is 4.39 Å². The summed E-state index contributed by atoms with van der Waals surface area (Å²) in [6.07, 6.45) is -0.0426. The minimum Gasteiger partial charge on any atom is -0.386 e. The van der Waals surface area contributed by atoms with Crippen LogP contribution in [0.3, 0.4) is 0 Å². The maximum atomic E-state index is 13.2. The number of hydrogen-bond acceptors (Lipinski definition) is 3. The molecule has 0 spiro atoms. The first-order valence-corrected chi connectivity index (χ1v) is 9.63. The Morgan fingerprint density at radius 2 is 1.70 bits per heavy atom. The monoisotopic (exact) mass is 410 g/mol. The van der Waals surface area contributed by atoms with Crippen LogP contribution in [-0.2, 0) is 4.79 Å². The summed E-state index contributed by atoms with van der Waals surface area (Å²) in [5, 5.41) is 16.0. The van der Waals surface area contributed by atoms with Crippen molar-refractivity contribution in [3.63, 3.8) is 0 Å². The lowest BCUT2D eigenvalue weighted by molar-refractivity contribution is -0.121. The Hall–Kier alpha value is -1.66. The Labute approximate surface area is 167 Å². The molecule has 0 radical (unpaired) electrons. The number of halogens is 3. The lowest BCUT2D eigenvalue weighted by Crippen LogP contribution is -2.43. The number of carbonyl (C=O) groups excluding carboxylic acids is 1. The van der Waals surface area contributed by atoms with Crippen LogP contribution in [-0.4, -0.2) is 35.1 Å². The second kappa shape index (κ2) is 9.02. The smallest absolute Gasteiger partial charge is 0.253 e. The van der Waals surface area contributed by atoms with Crippen molar-refractivity contribution in [1.82, 2.24) is 10.6 Å². The maximum absolute atomic E-state index is 13.2. The molecule has 0 saturated carbocycles. The molecule has 3 rings (SSSR count). The van der Waals surface area contributed by atoms with Gasteiger partial charge in [0.05, 0.1) is 6.04 Å².